The maximum Gasteiger partial charge on any atom is -0.0376 e. The number of allylic oxidation sites excluding steroid dienone is 4. The largest absolute Gasteiger partial charge is 0.0847 e. The maximum absolute atomic E-state index is 2.16. The highest BCUT2D eigenvalue weighted by atomic mass is 13.8. The third kappa shape index (κ3) is 3.66. The maximum atomic E-state index is 2.16. The Morgan fingerprint density at radius 1 is 1.50 bits per heavy atom. The summed E-state index contributed by atoms with van der Waals surface area (Å²) in [6, 6.07) is 0. The van der Waals surface area contributed by atoms with E-state index < -0.39 is 0 Å². The molecule has 0 heterocycles. The van der Waals surface area contributed by atoms with Crippen LogP contribution in [-0.4, -0.2) is 0 Å². The van der Waals surface area contributed by atoms with Gasteiger partial charge >= 0.3 is 0 Å². The molecule has 0 aromatic carbocycles. The average Bonchev–Trinajstić information content (AvgIpc) is 1.83. The highest BCUT2D eigenvalue weighted by molar-refractivity contribution is 5.14. The van der Waals surface area contributed by atoms with Crippen LogP contribution in [0.3, 0.4) is 0 Å². The molecule has 8 heavy (non-hydrogen) atoms. The summed E-state index contributed by atoms with van der Waals surface area (Å²) < 4.78 is 0. The van der Waals surface area contributed by atoms with E-state index in [-0.39, 0.29) is 0 Å². The molecule has 0 fully saturated rings. The lowest BCUT2D eigenvalue weighted by molar-refractivity contribution is 1.22. The molecule has 0 nitrogen and oxygen atoms in total. The van der Waals surface area contributed by atoms with Crippen molar-refractivity contribution in [1.29, 1.82) is 0 Å². The minimum atomic E-state index is 1.13. The Morgan fingerprint density at radius 3 is 2.50 bits per heavy atom. The first-order valence-corrected chi connectivity index (χ1v) is 3.10. The molecule has 0 spiro atoms. The molecule has 0 saturated heterocycles. The molecule has 0 atom stereocenters. The molecular formula is C8H14. The van der Waals surface area contributed by atoms with Crippen molar-refractivity contribution in [3.63, 3.8) is 0 Å². The monoisotopic (exact) mass is 110 g/mol. The van der Waals surface area contributed by atoms with Gasteiger partial charge in [0.15, 0.2) is 0 Å². The van der Waals surface area contributed by atoms with Crippen LogP contribution >= 0.6 is 0 Å². The van der Waals surface area contributed by atoms with Gasteiger partial charge in [-0.1, -0.05) is 30.7 Å². The summed E-state index contributed by atoms with van der Waals surface area (Å²) in [5.41, 5.74) is 1.34. The Kier molecular flexibility index (Phi) is 4.33. The van der Waals surface area contributed by atoms with Gasteiger partial charge < -0.3 is 0 Å². The summed E-state index contributed by atoms with van der Waals surface area (Å²) in [6.45, 7) is 6.29. The molecule has 0 unspecified atom stereocenters. The third-order valence-corrected chi connectivity index (χ3v) is 1.07. The van der Waals surface area contributed by atoms with Crippen LogP contribution < -0.4 is 0 Å². The van der Waals surface area contributed by atoms with Gasteiger partial charge in [-0.05, 0) is 20.3 Å². The highest BCUT2D eigenvalue weighted by Gasteiger charge is 1.72. The third-order valence-electron chi connectivity index (χ3n) is 1.07. The van der Waals surface area contributed by atoms with Crippen LogP contribution in [0.25, 0.3) is 0 Å². The molecule has 0 radical (unpaired) electrons. The van der Waals surface area contributed by atoms with E-state index in [1.54, 1.807) is 0 Å². The second-order valence-corrected chi connectivity index (χ2v) is 1.84. The lowest BCUT2D eigenvalue weighted by Crippen LogP contribution is -1.62. The predicted octanol–water partition coefficient (Wildman–Crippen LogP) is 2.92. The van der Waals surface area contributed by atoms with Crippen LogP contribution in [0.2, 0.25) is 0 Å². The molecule has 0 N–H and O–H groups in total. The van der Waals surface area contributed by atoms with Crippen molar-refractivity contribution in [1.82, 2.24) is 0 Å². The molecule has 0 saturated carbocycles. The normalized spacial score (nSPS) is 13.1. The van der Waals surface area contributed by atoms with Gasteiger partial charge in [-0.15, -0.1) is 0 Å². The standard InChI is InChI=1S/C8H14/c1-4-6-7-8(3)5-2/h5-7H,4H2,1-3H3/b7-6-,8-5-. The van der Waals surface area contributed by atoms with Crippen molar-refractivity contribution in [2.24, 2.45) is 0 Å². The minimum Gasteiger partial charge on any atom is -0.0847 e. The van der Waals surface area contributed by atoms with Crippen molar-refractivity contribution in [3.8, 4) is 0 Å². The summed E-state index contributed by atoms with van der Waals surface area (Å²) >= 11 is 0. The van der Waals surface area contributed by atoms with E-state index in [9.17, 15) is 0 Å². The summed E-state index contributed by atoms with van der Waals surface area (Å²) in [4.78, 5) is 0. The van der Waals surface area contributed by atoms with Gasteiger partial charge in [0.25, 0.3) is 0 Å². The lowest BCUT2D eigenvalue weighted by atomic mass is 10.2. The van der Waals surface area contributed by atoms with Gasteiger partial charge in [0.1, 0.15) is 0 Å². The Balaban J connectivity index is 3.53. The summed E-state index contributed by atoms with van der Waals surface area (Å²) in [5.74, 6) is 0. The first-order chi connectivity index (χ1) is 3.81. The van der Waals surface area contributed by atoms with E-state index >= 15 is 0 Å². The molecule has 46 valence electrons. The molecule has 0 aliphatic heterocycles. The number of hydrogen-bond donors (Lipinski definition) is 0. The minimum absolute atomic E-state index is 1.13. The van der Waals surface area contributed by atoms with Gasteiger partial charge in [-0.25, -0.2) is 0 Å². The molecule has 0 bridgehead atoms. The zero-order chi connectivity index (χ0) is 6.41. The van der Waals surface area contributed by atoms with Crippen molar-refractivity contribution in [2.45, 2.75) is 27.2 Å². The van der Waals surface area contributed by atoms with Crippen molar-refractivity contribution >= 4 is 0 Å². The van der Waals surface area contributed by atoms with Crippen LogP contribution in [0.4, 0.5) is 0 Å². The van der Waals surface area contributed by atoms with E-state index in [1.165, 1.54) is 5.57 Å². The molecule has 0 rings (SSSR count). The second kappa shape index (κ2) is 4.63. The molecule has 0 aliphatic carbocycles. The highest BCUT2D eigenvalue weighted by Crippen LogP contribution is 1.93. The smallest absolute Gasteiger partial charge is 0.0376 e. The number of rotatable bonds is 2. The second-order valence-electron chi connectivity index (χ2n) is 1.84. The summed E-state index contributed by atoms with van der Waals surface area (Å²) in [5, 5.41) is 0. The van der Waals surface area contributed by atoms with Gasteiger partial charge in [0.05, 0.1) is 0 Å². The Hall–Kier alpha value is -0.520. The molecule has 0 aromatic rings. The van der Waals surface area contributed by atoms with Crippen LogP contribution in [-0.2, 0) is 0 Å². The number of hydrogen-bond acceptors (Lipinski definition) is 0. The molecule has 0 amide bonds. The molecular weight excluding hydrogens is 96.1 g/mol. The van der Waals surface area contributed by atoms with Crippen LogP contribution in [0, 0.1) is 0 Å². The van der Waals surface area contributed by atoms with Gasteiger partial charge in [-0.2, -0.15) is 0 Å². The molecule has 0 aromatic heterocycles. The molecule has 0 aliphatic rings. The topological polar surface area (TPSA) is 0 Å². The van der Waals surface area contributed by atoms with Crippen LogP contribution in [0.1, 0.15) is 27.2 Å². The Labute approximate surface area is 51.9 Å². The fraction of sp³-hybridized carbons (Fsp3) is 0.500. The van der Waals surface area contributed by atoms with Gasteiger partial charge in [0, 0.05) is 0 Å². The molecule has 0 heteroatoms. The summed E-state index contributed by atoms with van der Waals surface area (Å²) in [7, 11) is 0. The first kappa shape index (κ1) is 7.48. The van der Waals surface area contributed by atoms with E-state index in [4.69, 9.17) is 0 Å². The summed E-state index contributed by atoms with van der Waals surface area (Å²) in [6.07, 6.45) is 7.53. The van der Waals surface area contributed by atoms with Crippen LogP contribution in [0.5, 0.6) is 0 Å². The van der Waals surface area contributed by atoms with Gasteiger partial charge in [0.2, 0.25) is 0 Å². The quantitative estimate of drug-likeness (QED) is 0.479. The van der Waals surface area contributed by atoms with Crippen molar-refractivity contribution in [3.05, 3.63) is 23.8 Å². The lowest BCUT2D eigenvalue weighted by Gasteiger charge is -1.84. The SMILES string of the molecule is C/C=C(C)\C=C/CC. The predicted molar refractivity (Wildman–Crippen MR) is 38.9 cm³/mol. The van der Waals surface area contributed by atoms with E-state index in [1.807, 2.05) is 0 Å². The van der Waals surface area contributed by atoms with E-state index in [0.29, 0.717) is 0 Å². The average molecular weight is 110 g/mol. The van der Waals surface area contributed by atoms with Crippen LogP contribution in [0.15, 0.2) is 23.8 Å². The van der Waals surface area contributed by atoms with Gasteiger partial charge in [-0.3, -0.25) is 0 Å². The zero-order valence-corrected chi connectivity index (χ0v) is 5.94. The Morgan fingerprint density at radius 2 is 2.12 bits per heavy atom. The fourth-order valence-corrected chi connectivity index (χ4v) is 0.400. The zero-order valence-electron chi connectivity index (χ0n) is 5.94. The Bertz CT molecular complexity index is 96.6. The van der Waals surface area contributed by atoms with E-state index in [0.717, 1.165) is 6.42 Å². The fourth-order valence-electron chi connectivity index (χ4n) is 0.400. The van der Waals surface area contributed by atoms with Crippen molar-refractivity contribution in [2.75, 3.05) is 0 Å². The van der Waals surface area contributed by atoms with Crippen molar-refractivity contribution < 1.29 is 0 Å². The first-order valence-electron chi connectivity index (χ1n) is 3.10. The van der Waals surface area contributed by atoms with E-state index in [2.05, 4.69) is 39.0 Å².